The standard InChI is InChI=1S/C10H16N2O2S/c11-8(6-10(13)14)7-12-4-3-9-2-1-5-15-9/h1-2,5,8,12H,3-4,6-7,11H2,(H,13,14). The van der Waals surface area contributed by atoms with Gasteiger partial charge < -0.3 is 16.2 Å². The number of hydrogen-bond acceptors (Lipinski definition) is 4. The molecule has 0 saturated heterocycles. The lowest BCUT2D eigenvalue weighted by atomic mass is 10.2. The number of hydrogen-bond donors (Lipinski definition) is 3. The van der Waals surface area contributed by atoms with Crippen LogP contribution in [0.3, 0.4) is 0 Å². The number of rotatable bonds is 7. The molecule has 1 aromatic heterocycles. The SMILES string of the molecule is NC(CNCCc1cccs1)CC(=O)O. The quantitative estimate of drug-likeness (QED) is 0.600. The Hall–Kier alpha value is -0.910. The van der Waals surface area contributed by atoms with Crippen molar-refractivity contribution in [1.29, 1.82) is 0 Å². The predicted molar refractivity (Wildman–Crippen MR) is 61.1 cm³/mol. The third kappa shape index (κ3) is 5.51. The smallest absolute Gasteiger partial charge is 0.304 e. The molecule has 0 fully saturated rings. The molecule has 0 aromatic carbocycles. The van der Waals surface area contributed by atoms with Gasteiger partial charge in [-0.05, 0) is 17.9 Å². The maximum Gasteiger partial charge on any atom is 0.304 e. The molecule has 1 rings (SSSR count). The monoisotopic (exact) mass is 228 g/mol. The molecule has 1 heterocycles. The summed E-state index contributed by atoms with van der Waals surface area (Å²) in [5.41, 5.74) is 5.59. The first kappa shape index (κ1) is 12.2. The first-order chi connectivity index (χ1) is 7.18. The van der Waals surface area contributed by atoms with Crippen LogP contribution in [0.5, 0.6) is 0 Å². The van der Waals surface area contributed by atoms with Gasteiger partial charge in [0.05, 0.1) is 6.42 Å². The van der Waals surface area contributed by atoms with Crippen molar-refractivity contribution in [3.8, 4) is 0 Å². The zero-order valence-corrected chi connectivity index (χ0v) is 9.30. The minimum Gasteiger partial charge on any atom is -0.481 e. The first-order valence-corrected chi connectivity index (χ1v) is 5.77. The Morgan fingerprint density at radius 2 is 2.47 bits per heavy atom. The van der Waals surface area contributed by atoms with E-state index in [1.807, 2.05) is 11.4 Å². The Bertz CT molecular complexity index is 288. The van der Waals surface area contributed by atoms with Gasteiger partial charge in [0.25, 0.3) is 0 Å². The number of carboxylic acids is 1. The highest BCUT2D eigenvalue weighted by atomic mass is 32.1. The zero-order valence-electron chi connectivity index (χ0n) is 8.48. The first-order valence-electron chi connectivity index (χ1n) is 4.89. The van der Waals surface area contributed by atoms with Crippen molar-refractivity contribution in [3.63, 3.8) is 0 Å². The van der Waals surface area contributed by atoms with E-state index in [-0.39, 0.29) is 12.5 Å². The highest BCUT2D eigenvalue weighted by molar-refractivity contribution is 7.09. The van der Waals surface area contributed by atoms with Gasteiger partial charge in [0.1, 0.15) is 0 Å². The molecule has 0 amide bonds. The number of nitrogens with one attached hydrogen (secondary N) is 1. The Kier molecular flexibility index (Phi) is 5.31. The number of carbonyl (C=O) groups is 1. The molecule has 4 N–H and O–H groups in total. The fourth-order valence-electron chi connectivity index (χ4n) is 1.25. The van der Waals surface area contributed by atoms with Gasteiger partial charge in [0.15, 0.2) is 0 Å². The minimum atomic E-state index is -0.845. The third-order valence-electron chi connectivity index (χ3n) is 1.97. The van der Waals surface area contributed by atoms with Gasteiger partial charge in [-0.2, -0.15) is 0 Å². The molecule has 4 nitrogen and oxygen atoms in total. The third-order valence-corrected chi connectivity index (χ3v) is 2.91. The van der Waals surface area contributed by atoms with Gasteiger partial charge >= 0.3 is 5.97 Å². The topological polar surface area (TPSA) is 75.3 Å². The molecule has 0 aliphatic carbocycles. The van der Waals surface area contributed by atoms with E-state index in [4.69, 9.17) is 10.8 Å². The Balaban J connectivity index is 2.04. The van der Waals surface area contributed by atoms with Crippen LogP contribution < -0.4 is 11.1 Å². The summed E-state index contributed by atoms with van der Waals surface area (Å²) in [6.45, 7) is 1.39. The second-order valence-electron chi connectivity index (χ2n) is 3.39. The van der Waals surface area contributed by atoms with Crippen molar-refractivity contribution in [2.45, 2.75) is 18.9 Å². The molecule has 1 aromatic rings. The maximum absolute atomic E-state index is 10.3. The summed E-state index contributed by atoms with van der Waals surface area (Å²) in [6, 6.07) is 3.81. The van der Waals surface area contributed by atoms with Crippen molar-refractivity contribution in [2.75, 3.05) is 13.1 Å². The highest BCUT2D eigenvalue weighted by Crippen LogP contribution is 2.07. The molecular formula is C10H16N2O2S. The average molecular weight is 228 g/mol. The van der Waals surface area contributed by atoms with Crippen molar-refractivity contribution >= 4 is 17.3 Å². The normalized spacial score (nSPS) is 12.6. The van der Waals surface area contributed by atoms with Crippen molar-refractivity contribution in [3.05, 3.63) is 22.4 Å². The molecule has 15 heavy (non-hydrogen) atoms. The van der Waals surface area contributed by atoms with Crippen LogP contribution in [0.25, 0.3) is 0 Å². The zero-order chi connectivity index (χ0) is 11.1. The Labute approximate surface area is 93.1 Å². The summed E-state index contributed by atoms with van der Waals surface area (Å²) in [4.78, 5) is 11.7. The van der Waals surface area contributed by atoms with E-state index in [0.717, 1.165) is 13.0 Å². The molecule has 1 atom stereocenters. The van der Waals surface area contributed by atoms with Crippen LogP contribution in [-0.4, -0.2) is 30.2 Å². The maximum atomic E-state index is 10.3. The summed E-state index contributed by atoms with van der Waals surface area (Å²) < 4.78 is 0. The molecular weight excluding hydrogens is 212 g/mol. The lowest BCUT2D eigenvalue weighted by Gasteiger charge is -2.09. The summed E-state index contributed by atoms with van der Waals surface area (Å²) in [7, 11) is 0. The van der Waals surface area contributed by atoms with Gasteiger partial charge in [-0.1, -0.05) is 6.07 Å². The van der Waals surface area contributed by atoms with Gasteiger partial charge in [0.2, 0.25) is 0 Å². The molecule has 84 valence electrons. The minimum absolute atomic E-state index is 0.0198. The molecule has 0 aliphatic rings. The van der Waals surface area contributed by atoms with Gasteiger partial charge in [0, 0.05) is 24.0 Å². The molecule has 0 radical (unpaired) electrons. The van der Waals surface area contributed by atoms with Gasteiger partial charge in [-0.3, -0.25) is 4.79 Å². The van der Waals surface area contributed by atoms with E-state index in [9.17, 15) is 4.79 Å². The van der Waals surface area contributed by atoms with Crippen molar-refractivity contribution < 1.29 is 9.90 Å². The van der Waals surface area contributed by atoms with Crippen LogP contribution >= 0.6 is 11.3 Å². The van der Waals surface area contributed by atoms with E-state index in [0.29, 0.717) is 6.54 Å². The number of nitrogens with two attached hydrogens (primary N) is 1. The summed E-state index contributed by atoms with van der Waals surface area (Å²) in [6.07, 6.45) is 0.990. The molecule has 0 saturated carbocycles. The second kappa shape index (κ2) is 6.55. The summed E-state index contributed by atoms with van der Waals surface area (Å²) in [5, 5.41) is 13.7. The summed E-state index contributed by atoms with van der Waals surface area (Å²) >= 11 is 1.73. The van der Waals surface area contributed by atoms with E-state index in [1.54, 1.807) is 11.3 Å². The van der Waals surface area contributed by atoms with Crippen LogP contribution in [-0.2, 0) is 11.2 Å². The largest absolute Gasteiger partial charge is 0.481 e. The fraction of sp³-hybridized carbons (Fsp3) is 0.500. The lowest BCUT2D eigenvalue weighted by Crippen LogP contribution is -2.36. The molecule has 5 heteroatoms. The van der Waals surface area contributed by atoms with Crippen LogP contribution in [0, 0.1) is 0 Å². The molecule has 0 spiro atoms. The van der Waals surface area contributed by atoms with Crippen LogP contribution in [0.15, 0.2) is 17.5 Å². The number of thiophene rings is 1. The Morgan fingerprint density at radius 3 is 3.07 bits per heavy atom. The Morgan fingerprint density at radius 1 is 1.67 bits per heavy atom. The predicted octanol–water partition coefficient (Wildman–Crippen LogP) is 0.682. The highest BCUT2D eigenvalue weighted by Gasteiger charge is 2.06. The second-order valence-corrected chi connectivity index (χ2v) is 4.42. The van der Waals surface area contributed by atoms with Crippen molar-refractivity contribution in [1.82, 2.24) is 5.32 Å². The van der Waals surface area contributed by atoms with E-state index >= 15 is 0 Å². The summed E-state index contributed by atoms with van der Waals surface area (Å²) in [5.74, 6) is -0.845. The van der Waals surface area contributed by atoms with E-state index < -0.39 is 5.97 Å². The van der Waals surface area contributed by atoms with Gasteiger partial charge in [-0.15, -0.1) is 11.3 Å². The van der Waals surface area contributed by atoms with Gasteiger partial charge in [-0.25, -0.2) is 0 Å². The number of aliphatic carboxylic acids is 1. The molecule has 1 unspecified atom stereocenters. The van der Waals surface area contributed by atoms with Crippen molar-refractivity contribution in [2.24, 2.45) is 5.73 Å². The van der Waals surface area contributed by atoms with E-state index in [2.05, 4.69) is 11.4 Å². The van der Waals surface area contributed by atoms with E-state index in [1.165, 1.54) is 4.88 Å². The lowest BCUT2D eigenvalue weighted by molar-refractivity contribution is -0.137. The van der Waals surface area contributed by atoms with Crippen LogP contribution in [0.1, 0.15) is 11.3 Å². The molecule has 0 aliphatic heterocycles. The fourth-order valence-corrected chi connectivity index (χ4v) is 1.96. The number of carboxylic acid groups (broad SMARTS) is 1. The van der Waals surface area contributed by atoms with Crippen LogP contribution in [0.2, 0.25) is 0 Å². The molecule has 0 bridgehead atoms. The van der Waals surface area contributed by atoms with Crippen LogP contribution in [0.4, 0.5) is 0 Å². The average Bonchev–Trinajstić information content (AvgIpc) is 2.63.